The van der Waals surface area contributed by atoms with Crippen LogP contribution in [0.15, 0.2) is 0 Å². The van der Waals surface area contributed by atoms with Crippen LogP contribution in [-0.4, -0.2) is 11.3 Å². The van der Waals surface area contributed by atoms with Gasteiger partial charge in [0, 0.05) is 6.42 Å². The lowest BCUT2D eigenvalue weighted by molar-refractivity contribution is -0.121. The first-order valence-electron chi connectivity index (χ1n) is 4.34. The van der Waals surface area contributed by atoms with E-state index in [1.807, 2.05) is 6.92 Å². The normalized spacial score (nSPS) is 35.9. The van der Waals surface area contributed by atoms with Gasteiger partial charge in [-0.2, -0.15) is 0 Å². The summed E-state index contributed by atoms with van der Waals surface area (Å²) in [5.41, 5.74) is 5.45. The molecular weight excluding hydrogens is 138 g/mol. The van der Waals surface area contributed by atoms with Crippen LogP contribution in [0.3, 0.4) is 0 Å². The van der Waals surface area contributed by atoms with Gasteiger partial charge in [0.1, 0.15) is 0 Å². The maximum absolute atomic E-state index is 11.3. The van der Waals surface area contributed by atoms with E-state index < -0.39 is 5.54 Å². The Balaban J connectivity index is 2.55. The number of ketones is 1. The predicted molar refractivity (Wildman–Crippen MR) is 45.2 cm³/mol. The van der Waals surface area contributed by atoms with Crippen LogP contribution in [0.1, 0.15) is 33.6 Å². The van der Waals surface area contributed by atoms with Gasteiger partial charge in [0.25, 0.3) is 0 Å². The van der Waals surface area contributed by atoms with E-state index in [0.29, 0.717) is 18.3 Å². The minimum atomic E-state index is -0.442. The molecule has 1 rings (SSSR count). The quantitative estimate of drug-likeness (QED) is 0.668. The van der Waals surface area contributed by atoms with Crippen molar-refractivity contribution in [3.05, 3.63) is 0 Å². The molecular formula is C9H17NO. The Morgan fingerprint density at radius 2 is 2.27 bits per heavy atom. The molecule has 0 aromatic rings. The van der Waals surface area contributed by atoms with Gasteiger partial charge < -0.3 is 5.73 Å². The lowest BCUT2D eigenvalue weighted by Crippen LogP contribution is -2.35. The summed E-state index contributed by atoms with van der Waals surface area (Å²) in [6, 6.07) is 0. The molecule has 11 heavy (non-hydrogen) atoms. The van der Waals surface area contributed by atoms with E-state index in [2.05, 4.69) is 13.8 Å². The molecule has 1 fully saturated rings. The molecule has 0 spiro atoms. The van der Waals surface area contributed by atoms with Gasteiger partial charge in [0.2, 0.25) is 0 Å². The van der Waals surface area contributed by atoms with E-state index in [0.717, 1.165) is 6.42 Å². The number of hydrogen-bond acceptors (Lipinski definition) is 2. The Labute approximate surface area is 68.2 Å². The number of hydrogen-bond donors (Lipinski definition) is 1. The van der Waals surface area contributed by atoms with Crippen molar-refractivity contribution >= 4 is 5.78 Å². The molecule has 2 heteroatoms. The molecule has 1 aliphatic rings. The van der Waals surface area contributed by atoms with Crippen LogP contribution in [0.25, 0.3) is 0 Å². The van der Waals surface area contributed by atoms with Crippen molar-refractivity contribution in [1.29, 1.82) is 0 Å². The lowest BCUT2D eigenvalue weighted by Gasteiger charge is -2.10. The average Bonchev–Trinajstić information content (AvgIpc) is 2.62. The van der Waals surface area contributed by atoms with E-state index >= 15 is 0 Å². The Morgan fingerprint density at radius 1 is 1.73 bits per heavy atom. The highest BCUT2D eigenvalue weighted by atomic mass is 16.1. The van der Waals surface area contributed by atoms with Gasteiger partial charge in [-0.3, -0.25) is 4.79 Å². The van der Waals surface area contributed by atoms with Gasteiger partial charge in [-0.05, 0) is 18.3 Å². The highest BCUT2D eigenvalue weighted by molar-refractivity contribution is 5.91. The molecule has 2 N–H and O–H groups in total. The van der Waals surface area contributed by atoms with Crippen molar-refractivity contribution < 1.29 is 4.79 Å². The smallest absolute Gasteiger partial charge is 0.152 e. The van der Waals surface area contributed by atoms with Crippen LogP contribution in [-0.2, 0) is 4.79 Å². The van der Waals surface area contributed by atoms with Crippen LogP contribution in [0.2, 0.25) is 0 Å². The SMILES string of the molecule is CCC(=O)C1(N)C[C@H]1C(C)C. The molecule has 64 valence electrons. The summed E-state index contributed by atoms with van der Waals surface area (Å²) < 4.78 is 0. The minimum absolute atomic E-state index is 0.233. The van der Waals surface area contributed by atoms with Crippen LogP contribution >= 0.6 is 0 Å². The second-order valence-corrected chi connectivity index (χ2v) is 3.87. The molecule has 0 aromatic carbocycles. The highest BCUT2D eigenvalue weighted by Gasteiger charge is 2.56. The molecule has 1 unspecified atom stereocenters. The third-order valence-electron chi connectivity index (χ3n) is 2.70. The third-order valence-corrected chi connectivity index (χ3v) is 2.70. The molecule has 0 amide bonds. The summed E-state index contributed by atoms with van der Waals surface area (Å²) in [4.78, 5) is 11.3. The van der Waals surface area contributed by atoms with Crippen LogP contribution in [0, 0.1) is 11.8 Å². The van der Waals surface area contributed by atoms with E-state index in [9.17, 15) is 4.79 Å². The largest absolute Gasteiger partial charge is 0.319 e. The molecule has 1 aliphatic carbocycles. The zero-order valence-electron chi connectivity index (χ0n) is 7.55. The summed E-state index contributed by atoms with van der Waals surface area (Å²) in [5, 5.41) is 0. The molecule has 2 atom stereocenters. The minimum Gasteiger partial charge on any atom is -0.319 e. The van der Waals surface area contributed by atoms with Crippen LogP contribution in [0.5, 0.6) is 0 Å². The van der Waals surface area contributed by atoms with E-state index in [1.54, 1.807) is 0 Å². The summed E-state index contributed by atoms with van der Waals surface area (Å²) in [5.74, 6) is 1.22. The van der Waals surface area contributed by atoms with Crippen molar-refractivity contribution in [2.75, 3.05) is 0 Å². The molecule has 1 saturated carbocycles. The number of Topliss-reactive ketones (excluding diaryl/α,β-unsaturated/α-hetero) is 1. The third kappa shape index (κ3) is 1.32. The van der Waals surface area contributed by atoms with Crippen molar-refractivity contribution in [3.63, 3.8) is 0 Å². The molecule has 0 aromatic heterocycles. The van der Waals surface area contributed by atoms with Crippen molar-refractivity contribution in [1.82, 2.24) is 0 Å². The summed E-state index contributed by atoms with van der Waals surface area (Å²) in [6.07, 6.45) is 1.48. The summed E-state index contributed by atoms with van der Waals surface area (Å²) in [6.45, 7) is 6.14. The zero-order chi connectivity index (χ0) is 8.65. The van der Waals surface area contributed by atoms with Gasteiger partial charge >= 0.3 is 0 Å². The maximum Gasteiger partial charge on any atom is 0.152 e. The number of rotatable bonds is 3. The average molecular weight is 155 g/mol. The number of carbonyl (C=O) groups excluding carboxylic acids is 1. The first-order chi connectivity index (χ1) is 5.02. The van der Waals surface area contributed by atoms with Gasteiger partial charge in [-0.1, -0.05) is 20.8 Å². The number of nitrogens with two attached hydrogens (primary N) is 1. The Kier molecular flexibility index (Phi) is 2.06. The zero-order valence-corrected chi connectivity index (χ0v) is 7.55. The predicted octanol–water partition coefficient (Wildman–Crippen LogP) is 1.34. The Bertz CT molecular complexity index is 176. The molecule has 0 saturated heterocycles. The van der Waals surface area contributed by atoms with Crippen LogP contribution < -0.4 is 5.73 Å². The molecule has 0 bridgehead atoms. The fourth-order valence-corrected chi connectivity index (χ4v) is 1.79. The summed E-state index contributed by atoms with van der Waals surface area (Å²) >= 11 is 0. The first kappa shape index (κ1) is 8.72. The van der Waals surface area contributed by atoms with Gasteiger partial charge in [-0.25, -0.2) is 0 Å². The molecule has 2 nitrogen and oxygen atoms in total. The fourth-order valence-electron chi connectivity index (χ4n) is 1.79. The van der Waals surface area contributed by atoms with Gasteiger partial charge in [0.05, 0.1) is 5.54 Å². The fraction of sp³-hybridized carbons (Fsp3) is 0.889. The Morgan fingerprint density at radius 3 is 2.55 bits per heavy atom. The van der Waals surface area contributed by atoms with E-state index in [1.165, 1.54) is 0 Å². The van der Waals surface area contributed by atoms with Gasteiger partial charge in [-0.15, -0.1) is 0 Å². The second kappa shape index (κ2) is 2.59. The van der Waals surface area contributed by atoms with Crippen molar-refractivity contribution in [2.24, 2.45) is 17.6 Å². The number of carbonyl (C=O) groups is 1. The van der Waals surface area contributed by atoms with E-state index in [4.69, 9.17) is 5.73 Å². The standard InChI is InChI=1S/C9H17NO/c1-4-8(11)9(10)5-7(9)6(2)3/h6-7H,4-5,10H2,1-3H3/t7-,9?/m0/s1. The second-order valence-electron chi connectivity index (χ2n) is 3.87. The van der Waals surface area contributed by atoms with Gasteiger partial charge in [0.15, 0.2) is 5.78 Å². The highest BCUT2D eigenvalue weighted by Crippen LogP contribution is 2.47. The topological polar surface area (TPSA) is 43.1 Å². The van der Waals surface area contributed by atoms with E-state index in [-0.39, 0.29) is 5.78 Å². The molecule has 0 aliphatic heterocycles. The Hall–Kier alpha value is -0.370. The maximum atomic E-state index is 11.3. The summed E-state index contributed by atoms with van der Waals surface area (Å²) in [7, 11) is 0. The van der Waals surface area contributed by atoms with Crippen molar-refractivity contribution in [2.45, 2.75) is 39.2 Å². The van der Waals surface area contributed by atoms with Crippen molar-refractivity contribution in [3.8, 4) is 0 Å². The first-order valence-corrected chi connectivity index (χ1v) is 4.34. The molecule has 0 radical (unpaired) electrons. The lowest BCUT2D eigenvalue weighted by atomic mass is 10.0. The molecule has 0 heterocycles. The van der Waals surface area contributed by atoms with Crippen LogP contribution in [0.4, 0.5) is 0 Å². The monoisotopic (exact) mass is 155 g/mol.